The fraction of sp³-hybridized carbons (Fsp3) is 0.367. The van der Waals surface area contributed by atoms with E-state index in [0.717, 1.165) is 18.1 Å². The molecule has 0 N–H and O–H groups in total. The van der Waals surface area contributed by atoms with Crippen molar-refractivity contribution < 1.29 is 142 Å². The van der Waals surface area contributed by atoms with Crippen LogP contribution in [0.2, 0.25) is 35.8 Å². The second-order valence-corrected chi connectivity index (χ2v) is 48.2. The van der Waals surface area contributed by atoms with Crippen LogP contribution < -0.4 is 0 Å². The van der Waals surface area contributed by atoms with Gasteiger partial charge in [0.2, 0.25) is 0 Å². The summed E-state index contributed by atoms with van der Waals surface area (Å²) in [5, 5.41) is -1.12. The number of esters is 9. The summed E-state index contributed by atoms with van der Waals surface area (Å²) in [6.45, 7) is 17.2. The van der Waals surface area contributed by atoms with E-state index in [0.29, 0.717) is 6.04 Å². The van der Waals surface area contributed by atoms with Crippen LogP contribution in [0.1, 0.15) is 142 Å². The van der Waals surface area contributed by atoms with Gasteiger partial charge in [-0.2, -0.15) is 0 Å². The molecule has 5 saturated heterocycles. The van der Waals surface area contributed by atoms with Gasteiger partial charge in [0.1, 0.15) is 55.4 Å². The normalized spacial score (nSPS) is 25.4. The van der Waals surface area contributed by atoms with Gasteiger partial charge in [-0.1, -0.05) is 267 Å². The van der Waals surface area contributed by atoms with Gasteiger partial charge in [-0.05, 0) is 114 Å². The summed E-state index contributed by atoms with van der Waals surface area (Å²) in [6, 6.07) is 81.5. The van der Waals surface area contributed by atoms with Gasteiger partial charge < -0.3 is 98.9 Å². The van der Waals surface area contributed by atoms with Crippen LogP contribution in [0.25, 0.3) is 0 Å². The fourth-order valence-corrected chi connectivity index (χ4v) is 23.2. The Balaban J connectivity index is 0.877. The molecular weight excluding hydrogens is 1850 g/mol. The predicted molar refractivity (Wildman–Crippen MR) is 513 cm³/mol. The van der Waals surface area contributed by atoms with Crippen molar-refractivity contribution in [2.45, 2.75) is 220 Å². The smallest absolute Gasteiger partial charge is 0.349 e. The van der Waals surface area contributed by atoms with Crippen molar-refractivity contribution in [2.24, 2.45) is 0 Å². The zero-order chi connectivity index (χ0) is 99.4. The van der Waals surface area contributed by atoms with Crippen LogP contribution in [-0.4, -0.2) is 226 Å². The topological polar surface area (TPSA) is 347 Å². The van der Waals surface area contributed by atoms with Crippen molar-refractivity contribution in [3.63, 3.8) is 0 Å². The van der Waals surface area contributed by atoms with Gasteiger partial charge in [0.15, 0.2) is 74.0 Å². The van der Waals surface area contributed by atoms with E-state index in [2.05, 4.69) is 61.2 Å². The zero-order valence-corrected chi connectivity index (χ0v) is 81.8. The summed E-state index contributed by atoms with van der Waals surface area (Å²) in [4.78, 5) is 136. The van der Waals surface area contributed by atoms with Crippen molar-refractivity contribution in [3.05, 3.63) is 359 Å². The molecule has 0 amide bonds. The van der Waals surface area contributed by atoms with Gasteiger partial charge in [0, 0.05) is 31.7 Å². The molecule has 0 unspecified atom stereocenters. The van der Waals surface area contributed by atoms with Gasteiger partial charge in [0.05, 0.1) is 77.5 Å². The number of hydrogen-bond donors (Lipinski definition) is 0. The maximum atomic E-state index is 15.6. The number of carbonyl (C=O) groups is 9. The van der Waals surface area contributed by atoms with E-state index in [9.17, 15) is 14.4 Å². The first-order valence-electron chi connectivity index (χ1n) is 46.9. The summed E-state index contributed by atoms with van der Waals surface area (Å²) >= 11 is 0. The minimum Gasteiger partial charge on any atom is -0.463 e. The Labute approximate surface area is 820 Å². The van der Waals surface area contributed by atoms with Crippen molar-refractivity contribution in [2.75, 3.05) is 33.0 Å². The third-order valence-electron chi connectivity index (χ3n) is 24.4. The molecule has 0 radical (unpaired) electrons. The van der Waals surface area contributed by atoms with E-state index in [1.165, 1.54) is 97.1 Å². The lowest BCUT2D eigenvalue weighted by Gasteiger charge is -2.58. The molecular formula is C109H116O30Si2. The van der Waals surface area contributed by atoms with Crippen molar-refractivity contribution in [1.29, 1.82) is 0 Å². The number of benzene rings is 10. The lowest BCUT2D eigenvalue weighted by Crippen LogP contribution is -2.72. The molecule has 0 aromatic heterocycles. The Bertz CT molecular complexity index is 5760. The molecule has 5 aliphatic heterocycles. The zero-order valence-electron chi connectivity index (χ0n) is 79.8. The van der Waals surface area contributed by atoms with Crippen LogP contribution >= 0.6 is 0 Å². The quantitative estimate of drug-likeness (QED) is 0.0200. The first-order valence-corrected chi connectivity index (χ1v) is 52.4. The molecule has 5 heterocycles. The molecule has 740 valence electrons. The van der Waals surface area contributed by atoms with E-state index in [-0.39, 0.29) is 70.9 Å². The molecule has 141 heavy (non-hydrogen) atoms. The summed E-state index contributed by atoms with van der Waals surface area (Å²) in [6.07, 6.45) is -34.8. The van der Waals surface area contributed by atoms with Crippen LogP contribution in [-0.2, 0) is 117 Å². The van der Waals surface area contributed by atoms with E-state index in [1.54, 1.807) is 146 Å². The Hall–Kier alpha value is -12.6. The van der Waals surface area contributed by atoms with Gasteiger partial charge >= 0.3 is 62.3 Å². The lowest BCUT2D eigenvalue weighted by molar-refractivity contribution is -0.372. The molecule has 5 fully saturated rings. The Kier molecular flexibility index (Phi) is 34.5. The molecule has 5 aliphatic rings. The maximum absolute atomic E-state index is 15.6. The molecule has 15 rings (SSSR count). The van der Waals surface area contributed by atoms with Crippen LogP contribution in [0.15, 0.2) is 303 Å². The van der Waals surface area contributed by atoms with Gasteiger partial charge in [-0.3, -0.25) is 4.79 Å². The highest BCUT2D eigenvalue weighted by molar-refractivity contribution is 6.76. The summed E-state index contributed by atoms with van der Waals surface area (Å²) in [5.41, 5.74) is 1.41. The third-order valence-corrected chi connectivity index (χ3v) is 31.2. The molecule has 30 nitrogen and oxygen atoms in total. The summed E-state index contributed by atoms with van der Waals surface area (Å²) in [7, 11) is -5.45. The second kappa shape index (κ2) is 47.3. The first-order chi connectivity index (χ1) is 67.9. The standard InChI is InChI=1S/C109H116O30Si2/c1-69(110)120-65-80-86(138-107-92(122-64-71-43-23-12-24-44-71)88(121-63-70-41-21-11-22-42-70)87-83(129-107)68-125-141(139-87,108(2,3)4)109(5,6)7)91(134-100(115)76-53-33-17-34-54-76)95(137-103(118)79-59-39-20-40-60-79)106(127-80)124-67-82-85(131-97(112)73-47-27-14-28-48-73)90(133-99(114)75-51-31-16-32-52-75)94(136-102(117)78-57-37-19-38-58-78)105(128-82)123-66-81-84(130-96(111)72-45-25-13-26-46-72)89(132-98(113)74-49-29-15-30-50-74)93(104(126-81)119-61-62-140(8,9)10)135-101(116)77-55-35-18-36-56-77/h11-60,80-95,104-107H,61-68H2,1-10H3/t80-,81-,82-,83-,84+,85+,86+,87+,88+,89+,90+,91+,92-,93-,94-,95-,104-,105-,106+,107-/m1/s1. The third kappa shape index (κ3) is 26.2. The molecule has 10 aromatic rings. The lowest BCUT2D eigenvalue weighted by atomic mass is 9.95. The highest BCUT2D eigenvalue weighted by atomic mass is 28.4. The van der Waals surface area contributed by atoms with Crippen molar-refractivity contribution >= 4 is 70.4 Å². The molecule has 0 saturated carbocycles. The van der Waals surface area contributed by atoms with E-state index >= 15 is 28.8 Å². The van der Waals surface area contributed by atoms with Crippen LogP contribution in [0.3, 0.4) is 0 Å². The summed E-state index contributed by atoms with van der Waals surface area (Å²) < 4.78 is 145. The number of hydrogen-bond acceptors (Lipinski definition) is 30. The highest BCUT2D eigenvalue weighted by Gasteiger charge is 2.67. The van der Waals surface area contributed by atoms with Gasteiger partial charge in [0.25, 0.3) is 0 Å². The molecule has 0 aliphatic carbocycles. The monoisotopic (exact) mass is 1960 g/mol. The largest absolute Gasteiger partial charge is 0.463 e. The fourth-order valence-electron chi connectivity index (χ4n) is 17.5. The predicted octanol–water partition coefficient (Wildman–Crippen LogP) is 16.7. The van der Waals surface area contributed by atoms with Crippen LogP contribution in [0.5, 0.6) is 0 Å². The number of fused-ring (bicyclic) bond motifs is 1. The van der Waals surface area contributed by atoms with Gasteiger partial charge in [-0.25, -0.2) is 38.4 Å². The van der Waals surface area contributed by atoms with Gasteiger partial charge in [-0.15, -0.1) is 0 Å². The van der Waals surface area contributed by atoms with Crippen molar-refractivity contribution in [3.8, 4) is 0 Å². The summed E-state index contributed by atoms with van der Waals surface area (Å²) in [5.74, 6) is -8.99. The molecule has 0 spiro atoms. The van der Waals surface area contributed by atoms with E-state index < -0.39 is 223 Å². The Morgan fingerprint density at radius 2 is 0.574 bits per heavy atom. The van der Waals surface area contributed by atoms with E-state index in [4.69, 9.17) is 98.9 Å². The molecule has 32 heteroatoms. The highest BCUT2D eigenvalue weighted by Crippen LogP contribution is 2.56. The second-order valence-electron chi connectivity index (χ2n) is 37.8. The molecule has 20 atom stereocenters. The minimum atomic E-state index is -3.43. The average molecular weight is 1960 g/mol. The minimum absolute atomic E-state index is 0.00479. The maximum Gasteiger partial charge on any atom is 0.349 e. The van der Waals surface area contributed by atoms with E-state index in [1.807, 2.05) is 60.7 Å². The Morgan fingerprint density at radius 3 is 0.872 bits per heavy atom. The number of rotatable bonds is 36. The van der Waals surface area contributed by atoms with Crippen LogP contribution in [0, 0.1) is 0 Å². The Morgan fingerprint density at radius 1 is 0.305 bits per heavy atom. The molecule has 0 bridgehead atoms. The van der Waals surface area contributed by atoms with Crippen molar-refractivity contribution in [1.82, 2.24) is 0 Å². The van der Waals surface area contributed by atoms with Crippen LogP contribution in [0.4, 0.5) is 0 Å². The number of carbonyl (C=O) groups excluding carboxylic acids is 9. The first kappa shape index (κ1) is 103. The average Bonchev–Trinajstić information content (AvgIpc) is 0.720. The SMILES string of the molecule is CC(=O)OC[C@H]1O[C@H](OC[C@H]2O[C@@H](OC[C@H]3O[C@@H](OCC[Si](C)(C)C)[C@H](OC(=O)c4ccccc4)[C@@H](OC(=O)c4ccccc4)[C@H]3OC(=O)c3ccccc3)[C@H](OC(=O)c3ccccc3)[C@@H](OC(=O)c3ccccc3)[C@H]2OC(=O)c2ccccc2)[C@H](OC(=O)c2ccccc2)[C@@H](OC(=O)c2ccccc2)[C@H]1O[C@H]1O[C@@H]2CO[Si](C(C)(C)C)(C(C)(C)C)O[C@@H]2[C@H](OCc2ccccc2)[C@H]1OCc1ccccc1. The number of ether oxygens (including phenoxy) is 19. The molecule has 10 aromatic carbocycles.